The van der Waals surface area contributed by atoms with Gasteiger partial charge in [0.25, 0.3) is 0 Å². The van der Waals surface area contributed by atoms with E-state index in [-0.39, 0.29) is 0 Å². The molecule has 0 atom stereocenters. The summed E-state index contributed by atoms with van der Waals surface area (Å²) in [4.78, 5) is 0. The summed E-state index contributed by atoms with van der Waals surface area (Å²) >= 11 is 0. The van der Waals surface area contributed by atoms with Crippen LogP contribution < -0.4 is 0 Å². The van der Waals surface area contributed by atoms with E-state index >= 15 is 0 Å². The molecule has 0 unspecified atom stereocenters. The molecule has 0 aliphatic carbocycles. The lowest BCUT2D eigenvalue weighted by atomic mass is 10.1. The van der Waals surface area contributed by atoms with Crippen molar-refractivity contribution in [2.24, 2.45) is 7.05 Å². The van der Waals surface area contributed by atoms with Gasteiger partial charge in [-0.3, -0.25) is 4.68 Å². The Kier molecular flexibility index (Phi) is 2.58. The summed E-state index contributed by atoms with van der Waals surface area (Å²) in [5.74, 6) is 0. The van der Waals surface area contributed by atoms with Gasteiger partial charge in [0, 0.05) is 19.2 Å². The summed E-state index contributed by atoms with van der Waals surface area (Å²) in [6.07, 6.45) is 2.88. The largest absolute Gasteiger partial charge is 0.272 e. The number of hydrogen-bond acceptors (Lipinski definition) is 1. The fraction of sp³-hybridized carbons (Fsp3) is 0.308. The average Bonchev–Trinajstić information content (AvgIpc) is 2.53. The van der Waals surface area contributed by atoms with Crippen molar-refractivity contribution < 1.29 is 0 Å². The molecule has 1 heterocycles. The third-order valence-corrected chi connectivity index (χ3v) is 2.76. The second kappa shape index (κ2) is 3.89. The quantitative estimate of drug-likeness (QED) is 0.728. The van der Waals surface area contributed by atoms with Gasteiger partial charge >= 0.3 is 0 Å². The molecule has 2 aromatic rings. The van der Waals surface area contributed by atoms with Crippen molar-refractivity contribution in [3.8, 4) is 0 Å². The Morgan fingerprint density at radius 2 is 1.80 bits per heavy atom. The molecule has 78 valence electrons. The van der Waals surface area contributed by atoms with Crippen molar-refractivity contribution in [2.45, 2.75) is 20.3 Å². The zero-order valence-electron chi connectivity index (χ0n) is 9.49. The molecule has 0 bridgehead atoms. The molecule has 1 aromatic carbocycles. The minimum Gasteiger partial charge on any atom is -0.272 e. The normalized spacial score (nSPS) is 10.6. The molecule has 2 heteroatoms. The first-order valence-electron chi connectivity index (χ1n) is 5.20. The van der Waals surface area contributed by atoms with Crippen LogP contribution in [0.3, 0.4) is 0 Å². The highest BCUT2D eigenvalue weighted by molar-refractivity contribution is 5.28. The Balaban J connectivity index is 2.25. The minimum absolute atomic E-state index is 0.961. The van der Waals surface area contributed by atoms with Gasteiger partial charge in [-0.2, -0.15) is 5.10 Å². The molecule has 0 aliphatic heterocycles. The van der Waals surface area contributed by atoms with Gasteiger partial charge in [0.2, 0.25) is 0 Å². The zero-order chi connectivity index (χ0) is 10.8. The third-order valence-electron chi connectivity index (χ3n) is 2.76. The SMILES string of the molecule is Cc1ccc(Cc2c(C)cnn2C)cc1. The predicted molar refractivity (Wildman–Crippen MR) is 61.9 cm³/mol. The number of aryl methyl sites for hydroxylation is 3. The van der Waals surface area contributed by atoms with Crippen LogP contribution in [0.15, 0.2) is 30.5 Å². The summed E-state index contributed by atoms with van der Waals surface area (Å²) in [7, 11) is 2.00. The molecule has 0 saturated heterocycles. The highest BCUT2D eigenvalue weighted by Crippen LogP contribution is 2.13. The van der Waals surface area contributed by atoms with E-state index in [2.05, 4.69) is 43.2 Å². The first-order valence-corrected chi connectivity index (χ1v) is 5.20. The van der Waals surface area contributed by atoms with Crippen molar-refractivity contribution in [1.29, 1.82) is 0 Å². The average molecular weight is 200 g/mol. The Labute approximate surface area is 90.6 Å². The van der Waals surface area contributed by atoms with E-state index in [4.69, 9.17) is 0 Å². The van der Waals surface area contributed by atoms with E-state index in [0.717, 1.165) is 6.42 Å². The number of nitrogens with zero attached hydrogens (tertiary/aromatic N) is 2. The molecule has 0 radical (unpaired) electrons. The Bertz CT molecular complexity index is 432. The number of benzene rings is 1. The van der Waals surface area contributed by atoms with Gasteiger partial charge in [0.05, 0.1) is 6.20 Å². The van der Waals surface area contributed by atoms with Gasteiger partial charge in [0.15, 0.2) is 0 Å². The first-order chi connectivity index (χ1) is 7.16. The number of hydrogen-bond donors (Lipinski definition) is 0. The molecule has 15 heavy (non-hydrogen) atoms. The molecule has 0 amide bonds. The van der Waals surface area contributed by atoms with Crippen molar-refractivity contribution in [2.75, 3.05) is 0 Å². The molecule has 0 aliphatic rings. The van der Waals surface area contributed by atoms with Crippen LogP contribution >= 0.6 is 0 Å². The lowest BCUT2D eigenvalue weighted by Gasteiger charge is -2.04. The molecular formula is C13H16N2. The van der Waals surface area contributed by atoms with E-state index in [0.29, 0.717) is 0 Å². The second-order valence-electron chi connectivity index (χ2n) is 4.06. The van der Waals surface area contributed by atoms with E-state index in [1.807, 2.05) is 17.9 Å². The van der Waals surface area contributed by atoms with E-state index in [9.17, 15) is 0 Å². The summed E-state index contributed by atoms with van der Waals surface area (Å²) in [5.41, 5.74) is 5.20. The van der Waals surface area contributed by atoms with Crippen molar-refractivity contribution in [1.82, 2.24) is 9.78 Å². The van der Waals surface area contributed by atoms with Crippen LogP contribution in [0.4, 0.5) is 0 Å². The topological polar surface area (TPSA) is 17.8 Å². The standard InChI is InChI=1S/C13H16N2/c1-10-4-6-12(7-5-10)8-13-11(2)9-14-15(13)3/h4-7,9H,8H2,1-3H3. The van der Waals surface area contributed by atoms with Gasteiger partial charge in [-0.15, -0.1) is 0 Å². The summed E-state index contributed by atoms with van der Waals surface area (Å²) in [5, 5.41) is 4.25. The molecule has 1 aromatic heterocycles. The lowest BCUT2D eigenvalue weighted by Crippen LogP contribution is -2.00. The van der Waals surface area contributed by atoms with Crippen LogP contribution in [0.25, 0.3) is 0 Å². The fourth-order valence-electron chi connectivity index (χ4n) is 1.73. The van der Waals surface area contributed by atoms with Crippen LogP contribution in [-0.4, -0.2) is 9.78 Å². The fourth-order valence-corrected chi connectivity index (χ4v) is 1.73. The zero-order valence-corrected chi connectivity index (χ0v) is 9.49. The Morgan fingerprint density at radius 3 is 2.33 bits per heavy atom. The Hall–Kier alpha value is -1.57. The molecule has 0 N–H and O–H groups in total. The molecule has 0 saturated carbocycles. The van der Waals surface area contributed by atoms with Crippen LogP contribution in [0.5, 0.6) is 0 Å². The highest BCUT2D eigenvalue weighted by Gasteiger charge is 2.04. The minimum atomic E-state index is 0.961. The lowest BCUT2D eigenvalue weighted by molar-refractivity contribution is 0.723. The summed E-state index contributed by atoms with van der Waals surface area (Å²) < 4.78 is 1.95. The van der Waals surface area contributed by atoms with Gasteiger partial charge in [-0.1, -0.05) is 29.8 Å². The van der Waals surface area contributed by atoms with Gasteiger partial charge in [0.1, 0.15) is 0 Å². The van der Waals surface area contributed by atoms with Crippen molar-refractivity contribution >= 4 is 0 Å². The monoisotopic (exact) mass is 200 g/mol. The van der Waals surface area contributed by atoms with Crippen LogP contribution in [0.2, 0.25) is 0 Å². The maximum Gasteiger partial charge on any atom is 0.0521 e. The predicted octanol–water partition coefficient (Wildman–Crippen LogP) is 2.63. The van der Waals surface area contributed by atoms with Gasteiger partial charge in [-0.05, 0) is 25.0 Å². The van der Waals surface area contributed by atoms with Crippen LogP contribution in [0, 0.1) is 13.8 Å². The van der Waals surface area contributed by atoms with E-state index in [1.165, 1.54) is 22.4 Å². The molecule has 2 nitrogen and oxygen atoms in total. The maximum atomic E-state index is 4.25. The summed E-state index contributed by atoms with van der Waals surface area (Å²) in [6, 6.07) is 8.67. The van der Waals surface area contributed by atoms with E-state index < -0.39 is 0 Å². The number of aromatic nitrogens is 2. The molecule has 0 spiro atoms. The maximum absolute atomic E-state index is 4.25. The van der Waals surface area contributed by atoms with Crippen molar-refractivity contribution in [3.63, 3.8) is 0 Å². The van der Waals surface area contributed by atoms with Crippen LogP contribution in [-0.2, 0) is 13.5 Å². The molecule has 0 fully saturated rings. The molecule has 2 rings (SSSR count). The van der Waals surface area contributed by atoms with Gasteiger partial charge in [-0.25, -0.2) is 0 Å². The van der Waals surface area contributed by atoms with Crippen LogP contribution in [0.1, 0.15) is 22.4 Å². The Morgan fingerprint density at radius 1 is 1.13 bits per heavy atom. The van der Waals surface area contributed by atoms with E-state index in [1.54, 1.807) is 0 Å². The summed E-state index contributed by atoms with van der Waals surface area (Å²) in [6.45, 7) is 4.22. The third kappa shape index (κ3) is 2.09. The first kappa shape index (κ1) is 9.97. The number of rotatable bonds is 2. The van der Waals surface area contributed by atoms with Gasteiger partial charge < -0.3 is 0 Å². The smallest absolute Gasteiger partial charge is 0.0521 e. The second-order valence-corrected chi connectivity index (χ2v) is 4.06. The molecular weight excluding hydrogens is 184 g/mol. The highest BCUT2D eigenvalue weighted by atomic mass is 15.3. The van der Waals surface area contributed by atoms with Crippen molar-refractivity contribution in [3.05, 3.63) is 52.8 Å².